The van der Waals surface area contributed by atoms with Gasteiger partial charge in [-0.25, -0.2) is 0 Å². The summed E-state index contributed by atoms with van der Waals surface area (Å²) >= 11 is 1.76. The van der Waals surface area contributed by atoms with Gasteiger partial charge in [0, 0.05) is 11.4 Å². The molecule has 16 heavy (non-hydrogen) atoms. The van der Waals surface area contributed by atoms with E-state index in [1.807, 2.05) is 13.8 Å². The Morgan fingerprint density at radius 3 is 2.75 bits per heavy atom. The lowest BCUT2D eigenvalue weighted by Crippen LogP contribution is -2.48. The van der Waals surface area contributed by atoms with Crippen LogP contribution in [0.15, 0.2) is 11.4 Å². The molecule has 0 aromatic carbocycles. The summed E-state index contributed by atoms with van der Waals surface area (Å²) in [5, 5.41) is 5.30. The van der Waals surface area contributed by atoms with E-state index in [9.17, 15) is 4.79 Å². The molecule has 0 radical (unpaired) electrons. The van der Waals surface area contributed by atoms with Crippen molar-refractivity contribution in [3.63, 3.8) is 0 Å². The summed E-state index contributed by atoms with van der Waals surface area (Å²) in [4.78, 5) is 12.8. The van der Waals surface area contributed by atoms with E-state index < -0.39 is 5.54 Å². The van der Waals surface area contributed by atoms with Gasteiger partial charge < -0.3 is 10.1 Å². The molecule has 0 aliphatic rings. The number of ether oxygens (including phenoxy) is 1. The van der Waals surface area contributed by atoms with Gasteiger partial charge in [0.15, 0.2) is 0 Å². The monoisotopic (exact) mass is 241 g/mol. The molecule has 1 aromatic rings. The number of carbonyl (C=O) groups excluding carboxylic acids is 1. The number of carbonyl (C=O) groups is 1. The van der Waals surface area contributed by atoms with Gasteiger partial charge >= 0.3 is 5.97 Å². The fourth-order valence-corrected chi connectivity index (χ4v) is 2.39. The van der Waals surface area contributed by atoms with Crippen LogP contribution in [-0.4, -0.2) is 25.2 Å². The largest absolute Gasteiger partial charge is 0.468 e. The molecule has 1 aromatic heterocycles. The SMILES string of the molecule is COC(=O)C(C)(C)NCCc1sccc1C. The second kappa shape index (κ2) is 5.46. The van der Waals surface area contributed by atoms with Gasteiger partial charge in [-0.3, -0.25) is 4.79 Å². The van der Waals surface area contributed by atoms with Gasteiger partial charge in [0.25, 0.3) is 0 Å². The molecular formula is C12H19NO2S. The summed E-state index contributed by atoms with van der Waals surface area (Å²) in [5.41, 5.74) is 0.711. The van der Waals surface area contributed by atoms with E-state index in [0.717, 1.165) is 13.0 Å². The summed E-state index contributed by atoms with van der Waals surface area (Å²) in [6, 6.07) is 2.12. The molecule has 0 saturated carbocycles. The zero-order chi connectivity index (χ0) is 12.2. The number of rotatable bonds is 5. The lowest BCUT2D eigenvalue weighted by molar-refractivity contribution is -0.147. The number of aryl methyl sites for hydroxylation is 1. The molecule has 4 heteroatoms. The molecule has 1 N–H and O–H groups in total. The molecule has 3 nitrogen and oxygen atoms in total. The summed E-state index contributed by atoms with van der Waals surface area (Å²) in [7, 11) is 1.41. The van der Waals surface area contributed by atoms with Crippen molar-refractivity contribution >= 4 is 17.3 Å². The first-order valence-electron chi connectivity index (χ1n) is 5.34. The minimum absolute atomic E-state index is 0.226. The Hall–Kier alpha value is -0.870. The van der Waals surface area contributed by atoms with Crippen LogP contribution >= 0.6 is 11.3 Å². The zero-order valence-electron chi connectivity index (χ0n) is 10.3. The number of hydrogen-bond donors (Lipinski definition) is 1. The predicted molar refractivity (Wildman–Crippen MR) is 66.9 cm³/mol. The average molecular weight is 241 g/mol. The molecule has 90 valence electrons. The first-order valence-corrected chi connectivity index (χ1v) is 6.22. The third kappa shape index (κ3) is 3.32. The van der Waals surface area contributed by atoms with Gasteiger partial charge in [-0.2, -0.15) is 0 Å². The fraction of sp³-hybridized carbons (Fsp3) is 0.583. The highest BCUT2D eigenvalue weighted by atomic mass is 32.1. The highest BCUT2D eigenvalue weighted by Gasteiger charge is 2.27. The van der Waals surface area contributed by atoms with Gasteiger partial charge in [0.1, 0.15) is 5.54 Å². The third-order valence-corrected chi connectivity index (χ3v) is 3.67. The van der Waals surface area contributed by atoms with Crippen LogP contribution in [-0.2, 0) is 16.0 Å². The second-order valence-electron chi connectivity index (χ2n) is 4.32. The number of esters is 1. The van der Waals surface area contributed by atoms with E-state index in [0.29, 0.717) is 0 Å². The second-order valence-corrected chi connectivity index (χ2v) is 5.32. The van der Waals surface area contributed by atoms with Crippen LogP contribution in [0.1, 0.15) is 24.3 Å². The van der Waals surface area contributed by atoms with Crippen LogP contribution in [0.3, 0.4) is 0 Å². The number of hydrogen-bond acceptors (Lipinski definition) is 4. The van der Waals surface area contributed by atoms with Crippen LogP contribution in [0.25, 0.3) is 0 Å². The van der Waals surface area contributed by atoms with Crippen LogP contribution in [0.5, 0.6) is 0 Å². The van der Waals surface area contributed by atoms with E-state index in [-0.39, 0.29) is 5.97 Å². The number of methoxy groups -OCH3 is 1. The van der Waals surface area contributed by atoms with E-state index >= 15 is 0 Å². The molecule has 0 aliphatic carbocycles. The molecule has 1 rings (SSSR count). The van der Waals surface area contributed by atoms with Crippen molar-refractivity contribution in [1.82, 2.24) is 5.32 Å². The smallest absolute Gasteiger partial charge is 0.325 e. The van der Waals surface area contributed by atoms with Crippen molar-refractivity contribution in [2.24, 2.45) is 0 Å². The quantitative estimate of drug-likeness (QED) is 0.803. The first-order chi connectivity index (χ1) is 7.47. The highest BCUT2D eigenvalue weighted by molar-refractivity contribution is 7.10. The van der Waals surface area contributed by atoms with E-state index in [1.54, 1.807) is 11.3 Å². The highest BCUT2D eigenvalue weighted by Crippen LogP contribution is 2.16. The third-order valence-electron chi connectivity index (χ3n) is 2.58. The van der Waals surface area contributed by atoms with Crippen molar-refractivity contribution in [2.45, 2.75) is 32.7 Å². The minimum atomic E-state index is -0.611. The number of nitrogens with one attached hydrogen (secondary N) is 1. The Morgan fingerprint density at radius 2 is 2.25 bits per heavy atom. The standard InChI is InChI=1S/C12H19NO2S/c1-9-6-8-16-10(9)5-7-13-12(2,3)11(14)15-4/h6,8,13H,5,7H2,1-4H3. The van der Waals surface area contributed by atoms with Crippen molar-refractivity contribution < 1.29 is 9.53 Å². The Bertz CT molecular complexity index is 358. The first kappa shape index (κ1) is 13.2. The lowest BCUT2D eigenvalue weighted by Gasteiger charge is -2.23. The maximum absolute atomic E-state index is 11.4. The minimum Gasteiger partial charge on any atom is -0.468 e. The predicted octanol–water partition coefficient (Wildman–Crippen LogP) is 2.14. The molecule has 0 amide bonds. The van der Waals surface area contributed by atoms with E-state index in [1.165, 1.54) is 17.6 Å². The fourth-order valence-electron chi connectivity index (χ4n) is 1.48. The molecule has 1 heterocycles. The van der Waals surface area contributed by atoms with Gasteiger partial charge in [-0.15, -0.1) is 11.3 Å². The van der Waals surface area contributed by atoms with Crippen molar-refractivity contribution in [2.75, 3.05) is 13.7 Å². The number of thiophene rings is 1. The topological polar surface area (TPSA) is 38.3 Å². The van der Waals surface area contributed by atoms with Gasteiger partial charge in [-0.1, -0.05) is 0 Å². The molecular weight excluding hydrogens is 222 g/mol. The van der Waals surface area contributed by atoms with Crippen LogP contribution in [0.2, 0.25) is 0 Å². The van der Waals surface area contributed by atoms with Crippen molar-refractivity contribution in [3.8, 4) is 0 Å². The Morgan fingerprint density at radius 1 is 1.56 bits per heavy atom. The maximum atomic E-state index is 11.4. The normalized spacial score (nSPS) is 11.5. The van der Waals surface area contributed by atoms with E-state index in [2.05, 4.69) is 23.7 Å². The summed E-state index contributed by atoms with van der Waals surface area (Å²) in [6.07, 6.45) is 0.948. The average Bonchev–Trinajstić information content (AvgIpc) is 2.63. The summed E-state index contributed by atoms with van der Waals surface area (Å²) in [6.45, 7) is 6.56. The Kier molecular flexibility index (Phi) is 4.50. The molecule has 0 spiro atoms. The molecule has 0 saturated heterocycles. The van der Waals surface area contributed by atoms with Gasteiger partial charge in [-0.05, 0) is 44.2 Å². The van der Waals surface area contributed by atoms with Crippen LogP contribution < -0.4 is 5.32 Å². The molecule has 0 bridgehead atoms. The Labute approximate surface area is 101 Å². The van der Waals surface area contributed by atoms with Crippen molar-refractivity contribution in [1.29, 1.82) is 0 Å². The van der Waals surface area contributed by atoms with Gasteiger partial charge in [0.05, 0.1) is 7.11 Å². The summed E-state index contributed by atoms with van der Waals surface area (Å²) in [5.74, 6) is -0.226. The molecule has 0 atom stereocenters. The summed E-state index contributed by atoms with van der Waals surface area (Å²) < 4.78 is 4.73. The lowest BCUT2D eigenvalue weighted by atomic mass is 10.1. The van der Waals surface area contributed by atoms with E-state index in [4.69, 9.17) is 4.74 Å². The Balaban J connectivity index is 2.41. The van der Waals surface area contributed by atoms with Gasteiger partial charge in [0.2, 0.25) is 0 Å². The molecule has 0 aliphatic heterocycles. The van der Waals surface area contributed by atoms with Crippen LogP contribution in [0, 0.1) is 6.92 Å². The molecule has 0 unspecified atom stereocenters. The van der Waals surface area contributed by atoms with Crippen molar-refractivity contribution in [3.05, 3.63) is 21.9 Å². The maximum Gasteiger partial charge on any atom is 0.325 e. The zero-order valence-corrected chi connectivity index (χ0v) is 11.1. The van der Waals surface area contributed by atoms with Crippen LogP contribution in [0.4, 0.5) is 0 Å². The molecule has 0 fully saturated rings.